The number of rotatable bonds is 6. The second-order valence-corrected chi connectivity index (χ2v) is 5.63. The van der Waals surface area contributed by atoms with E-state index in [2.05, 4.69) is 20.6 Å². The molecule has 0 fully saturated rings. The van der Waals surface area contributed by atoms with Gasteiger partial charge >= 0.3 is 5.97 Å². The molecular weight excluding hydrogens is 371 g/mol. The molecule has 2 aromatic heterocycles. The molecule has 0 spiro atoms. The maximum atomic E-state index is 12.3. The number of halogens is 2. The lowest BCUT2D eigenvalue weighted by molar-refractivity contribution is 0.0720. The molecule has 25 heavy (non-hydrogen) atoms. The quantitative estimate of drug-likeness (QED) is 0.601. The molecule has 0 bridgehead atoms. The Morgan fingerprint density at radius 2 is 2.12 bits per heavy atom. The van der Waals surface area contributed by atoms with Gasteiger partial charge in [-0.25, -0.2) is 14.2 Å². The molecule has 9 nitrogen and oxygen atoms in total. The molecule has 0 saturated heterocycles. The van der Waals surface area contributed by atoms with Crippen molar-refractivity contribution in [2.75, 3.05) is 6.61 Å². The minimum atomic E-state index is -0.643. The first-order valence-corrected chi connectivity index (χ1v) is 7.83. The van der Waals surface area contributed by atoms with Crippen LogP contribution in [0.4, 0.5) is 0 Å². The highest BCUT2D eigenvalue weighted by atomic mass is 35.5. The lowest BCUT2D eigenvalue weighted by Gasteiger charge is -2.12. The van der Waals surface area contributed by atoms with E-state index in [1.807, 2.05) is 0 Å². The van der Waals surface area contributed by atoms with Gasteiger partial charge in [-0.3, -0.25) is 0 Å². The fourth-order valence-electron chi connectivity index (χ4n) is 1.96. The van der Waals surface area contributed by atoms with Crippen LogP contribution in [-0.4, -0.2) is 42.6 Å². The molecule has 0 atom stereocenters. The van der Waals surface area contributed by atoms with Gasteiger partial charge in [-0.05, 0) is 22.6 Å². The minimum Gasteiger partial charge on any atom is -0.488 e. The van der Waals surface area contributed by atoms with Gasteiger partial charge in [-0.15, -0.1) is 5.10 Å². The van der Waals surface area contributed by atoms with Gasteiger partial charge in [-0.1, -0.05) is 23.2 Å². The molecule has 0 saturated carbocycles. The highest BCUT2D eigenvalue weighted by Crippen LogP contribution is 2.36. The second-order valence-electron chi connectivity index (χ2n) is 4.84. The molecule has 0 amide bonds. The molecule has 3 aromatic rings. The van der Waals surface area contributed by atoms with Crippen molar-refractivity contribution >= 4 is 29.2 Å². The average molecular weight is 383 g/mol. The van der Waals surface area contributed by atoms with Crippen LogP contribution < -0.4 is 9.47 Å². The fraction of sp³-hybridized carbons (Fsp3) is 0.214. The van der Waals surface area contributed by atoms with Crippen molar-refractivity contribution in [2.45, 2.75) is 6.54 Å². The Bertz CT molecular complexity index is 881. The number of tetrazole rings is 1. The number of ether oxygens (including phenoxy) is 2. The molecule has 0 aliphatic heterocycles. The third kappa shape index (κ3) is 3.89. The number of aryl methyl sites for hydroxylation is 1. The number of benzene rings is 1. The summed E-state index contributed by atoms with van der Waals surface area (Å²) >= 11 is 12.4. The average Bonchev–Trinajstić information content (AvgIpc) is 3.23. The molecule has 0 N–H and O–H groups in total. The largest absolute Gasteiger partial charge is 0.488 e. The van der Waals surface area contributed by atoms with Crippen molar-refractivity contribution in [3.63, 3.8) is 0 Å². The van der Waals surface area contributed by atoms with E-state index in [-0.39, 0.29) is 33.8 Å². The summed E-state index contributed by atoms with van der Waals surface area (Å²) in [7, 11) is 1.65. The van der Waals surface area contributed by atoms with Gasteiger partial charge in [0, 0.05) is 13.1 Å². The van der Waals surface area contributed by atoms with Crippen molar-refractivity contribution in [3.05, 3.63) is 46.3 Å². The fourth-order valence-corrected chi connectivity index (χ4v) is 2.52. The molecule has 130 valence electrons. The van der Waals surface area contributed by atoms with Crippen molar-refractivity contribution < 1.29 is 14.3 Å². The van der Waals surface area contributed by atoms with Gasteiger partial charge in [0.15, 0.2) is 5.75 Å². The van der Waals surface area contributed by atoms with E-state index >= 15 is 0 Å². The molecule has 2 heterocycles. The first-order chi connectivity index (χ1) is 12.1. The van der Waals surface area contributed by atoms with Gasteiger partial charge in [0.05, 0.1) is 28.4 Å². The van der Waals surface area contributed by atoms with Crippen molar-refractivity contribution in [1.82, 2.24) is 30.0 Å². The topological polar surface area (TPSA) is 97.0 Å². The lowest BCUT2D eigenvalue weighted by atomic mass is 10.2. The van der Waals surface area contributed by atoms with Gasteiger partial charge in [0.25, 0.3) is 0 Å². The van der Waals surface area contributed by atoms with Crippen LogP contribution in [0, 0.1) is 0 Å². The standard InChI is InChI=1S/C14H12Cl2N6O3/c1-21-11(4-5-18-21)25-14(23)9-2-3-10(15)13(12(9)16)24-7-6-22-8-17-19-20-22/h2-5,8H,6-7H2,1H3. The Morgan fingerprint density at radius 1 is 1.28 bits per heavy atom. The number of carbonyl (C=O) groups is 1. The maximum Gasteiger partial charge on any atom is 0.346 e. The minimum absolute atomic E-state index is 0.0661. The van der Waals surface area contributed by atoms with Crippen molar-refractivity contribution in [3.8, 4) is 11.6 Å². The van der Waals surface area contributed by atoms with Crippen LogP contribution in [0.15, 0.2) is 30.7 Å². The SMILES string of the molecule is Cn1nccc1OC(=O)c1ccc(Cl)c(OCCn2cnnn2)c1Cl. The zero-order chi connectivity index (χ0) is 17.8. The maximum absolute atomic E-state index is 12.3. The summed E-state index contributed by atoms with van der Waals surface area (Å²) in [4.78, 5) is 12.3. The summed E-state index contributed by atoms with van der Waals surface area (Å²) in [6.45, 7) is 0.605. The number of aromatic nitrogens is 6. The Morgan fingerprint density at radius 3 is 2.80 bits per heavy atom. The van der Waals surface area contributed by atoms with Crippen LogP contribution in [0.3, 0.4) is 0 Å². The molecular formula is C14H12Cl2N6O3. The number of esters is 1. The van der Waals surface area contributed by atoms with E-state index in [0.29, 0.717) is 6.54 Å². The summed E-state index contributed by atoms with van der Waals surface area (Å²) < 4.78 is 13.8. The molecule has 0 unspecified atom stereocenters. The Balaban J connectivity index is 1.74. The predicted octanol–water partition coefficient (Wildman–Crippen LogP) is 2.01. The summed E-state index contributed by atoms with van der Waals surface area (Å²) in [6, 6.07) is 4.54. The van der Waals surface area contributed by atoms with E-state index in [1.54, 1.807) is 13.1 Å². The first-order valence-electron chi connectivity index (χ1n) is 7.08. The molecule has 1 aromatic carbocycles. The highest BCUT2D eigenvalue weighted by molar-refractivity contribution is 6.39. The zero-order valence-corrected chi connectivity index (χ0v) is 14.5. The Hall–Kier alpha value is -2.65. The molecule has 0 aliphatic carbocycles. The van der Waals surface area contributed by atoms with Gasteiger partial charge < -0.3 is 9.47 Å². The number of hydrogen-bond acceptors (Lipinski definition) is 7. The molecule has 11 heteroatoms. The van der Waals surface area contributed by atoms with E-state index < -0.39 is 5.97 Å². The summed E-state index contributed by atoms with van der Waals surface area (Å²) in [6.07, 6.45) is 2.97. The number of hydrogen-bond donors (Lipinski definition) is 0. The molecule has 0 aliphatic rings. The van der Waals surface area contributed by atoms with E-state index in [9.17, 15) is 4.79 Å². The number of nitrogens with zero attached hydrogens (tertiary/aromatic N) is 6. The summed E-state index contributed by atoms with van der Waals surface area (Å²) in [5, 5.41) is 15.0. The number of carbonyl (C=O) groups excluding carboxylic acids is 1. The van der Waals surface area contributed by atoms with Crippen LogP contribution in [0.5, 0.6) is 11.6 Å². The first kappa shape index (κ1) is 17.2. The smallest absolute Gasteiger partial charge is 0.346 e. The summed E-state index contributed by atoms with van der Waals surface area (Å²) in [5.74, 6) is -0.163. The normalized spacial score (nSPS) is 10.7. The van der Waals surface area contributed by atoms with Crippen LogP contribution in [0.25, 0.3) is 0 Å². The van der Waals surface area contributed by atoms with Crippen LogP contribution in [-0.2, 0) is 13.6 Å². The van der Waals surface area contributed by atoms with Crippen molar-refractivity contribution in [2.24, 2.45) is 7.05 Å². The van der Waals surface area contributed by atoms with E-state index in [4.69, 9.17) is 32.7 Å². The third-order valence-electron chi connectivity index (χ3n) is 3.20. The second kappa shape index (κ2) is 7.49. The van der Waals surface area contributed by atoms with E-state index in [0.717, 1.165) is 0 Å². The highest BCUT2D eigenvalue weighted by Gasteiger charge is 2.20. The van der Waals surface area contributed by atoms with Gasteiger partial charge in [0.2, 0.25) is 5.88 Å². The predicted molar refractivity (Wildman–Crippen MR) is 87.9 cm³/mol. The summed E-state index contributed by atoms with van der Waals surface area (Å²) in [5.41, 5.74) is 0.129. The van der Waals surface area contributed by atoms with E-state index in [1.165, 1.54) is 34.0 Å². The lowest BCUT2D eigenvalue weighted by Crippen LogP contribution is -2.13. The van der Waals surface area contributed by atoms with Crippen LogP contribution in [0.2, 0.25) is 10.0 Å². The molecule has 0 radical (unpaired) electrons. The van der Waals surface area contributed by atoms with Crippen LogP contribution in [0.1, 0.15) is 10.4 Å². The van der Waals surface area contributed by atoms with Gasteiger partial charge in [-0.2, -0.15) is 5.10 Å². The zero-order valence-electron chi connectivity index (χ0n) is 13.0. The third-order valence-corrected chi connectivity index (χ3v) is 3.87. The van der Waals surface area contributed by atoms with Crippen molar-refractivity contribution in [1.29, 1.82) is 0 Å². The van der Waals surface area contributed by atoms with Crippen LogP contribution >= 0.6 is 23.2 Å². The molecule has 3 rings (SSSR count). The Labute approximate surface area is 152 Å². The Kier molecular flexibility index (Phi) is 5.15. The monoisotopic (exact) mass is 382 g/mol. The van der Waals surface area contributed by atoms with Gasteiger partial charge in [0.1, 0.15) is 12.9 Å².